The van der Waals surface area contributed by atoms with Crippen molar-refractivity contribution in [3.05, 3.63) is 47.3 Å². The maximum absolute atomic E-state index is 9.44. The molecular weight excluding hydrogens is 300 g/mol. The van der Waals surface area contributed by atoms with Gasteiger partial charge < -0.3 is 9.64 Å². The van der Waals surface area contributed by atoms with Crippen LogP contribution in [0.5, 0.6) is 5.88 Å². The van der Waals surface area contributed by atoms with Gasteiger partial charge in [0.1, 0.15) is 11.9 Å². The zero-order valence-corrected chi connectivity index (χ0v) is 14.2. The minimum Gasteiger partial charge on any atom is -0.477 e. The van der Waals surface area contributed by atoms with Crippen molar-refractivity contribution in [3.8, 4) is 11.9 Å². The summed E-state index contributed by atoms with van der Waals surface area (Å²) in [6, 6.07) is 9.97. The van der Waals surface area contributed by atoms with E-state index in [1.54, 1.807) is 6.20 Å². The number of pyridine rings is 2. The second kappa shape index (κ2) is 7.31. The lowest BCUT2D eigenvalue weighted by Crippen LogP contribution is -2.36. The third-order valence-electron chi connectivity index (χ3n) is 4.46. The summed E-state index contributed by atoms with van der Waals surface area (Å²) in [7, 11) is 0. The molecule has 3 rings (SSSR count). The van der Waals surface area contributed by atoms with Gasteiger partial charge in [-0.05, 0) is 50.3 Å². The van der Waals surface area contributed by atoms with Crippen molar-refractivity contribution < 1.29 is 4.74 Å². The van der Waals surface area contributed by atoms with E-state index in [1.807, 2.05) is 38.1 Å². The number of aromatic nitrogens is 2. The molecule has 1 saturated heterocycles. The minimum atomic E-state index is 0.514. The number of hydrogen-bond donors (Lipinski definition) is 0. The van der Waals surface area contributed by atoms with E-state index in [1.165, 1.54) is 0 Å². The summed E-state index contributed by atoms with van der Waals surface area (Å²) >= 11 is 0. The van der Waals surface area contributed by atoms with E-state index in [2.05, 4.69) is 20.9 Å². The first-order valence-electron chi connectivity index (χ1n) is 8.34. The Kier molecular flexibility index (Phi) is 4.95. The largest absolute Gasteiger partial charge is 0.477 e. The van der Waals surface area contributed by atoms with Crippen LogP contribution in [0.25, 0.3) is 0 Å². The van der Waals surface area contributed by atoms with Crippen LogP contribution in [0.15, 0.2) is 30.5 Å². The molecule has 124 valence electrons. The molecule has 5 nitrogen and oxygen atoms in total. The fourth-order valence-corrected chi connectivity index (χ4v) is 3.13. The summed E-state index contributed by atoms with van der Waals surface area (Å²) in [4.78, 5) is 11.0. The standard InChI is InChI=1S/C19H22N4O/c1-14-11-15(2)22-19(17(14)12-20)23-9-6-16(7-10-23)13-24-18-5-3-4-8-21-18/h3-5,8,11,16H,6-7,9-10,13H2,1-2H3. The summed E-state index contributed by atoms with van der Waals surface area (Å²) in [6.45, 7) is 6.45. The normalized spacial score (nSPS) is 15.1. The quantitative estimate of drug-likeness (QED) is 0.864. The number of hydrogen-bond acceptors (Lipinski definition) is 5. The minimum absolute atomic E-state index is 0.514. The summed E-state index contributed by atoms with van der Waals surface area (Å²) < 4.78 is 5.77. The van der Waals surface area contributed by atoms with Gasteiger partial charge in [-0.15, -0.1) is 0 Å². The van der Waals surface area contributed by atoms with E-state index in [9.17, 15) is 5.26 Å². The highest BCUT2D eigenvalue weighted by atomic mass is 16.5. The molecule has 1 aliphatic rings. The van der Waals surface area contributed by atoms with Crippen LogP contribution in [0, 0.1) is 31.1 Å². The molecule has 0 aromatic carbocycles. The molecular formula is C19H22N4O. The number of anilines is 1. The maximum atomic E-state index is 9.44. The zero-order chi connectivity index (χ0) is 16.9. The monoisotopic (exact) mass is 322 g/mol. The van der Waals surface area contributed by atoms with E-state index in [0.29, 0.717) is 24.0 Å². The maximum Gasteiger partial charge on any atom is 0.213 e. The Morgan fingerprint density at radius 3 is 2.75 bits per heavy atom. The first-order valence-corrected chi connectivity index (χ1v) is 8.34. The molecule has 5 heteroatoms. The van der Waals surface area contributed by atoms with Gasteiger partial charge in [0.25, 0.3) is 0 Å². The molecule has 0 radical (unpaired) electrons. The van der Waals surface area contributed by atoms with E-state index in [4.69, 9.17) is 4.74 Å². The lowest BCUT2D eigenvalue weighted by Gasteiger charge is -2.33. The van der Waals surface area contributed by atoms with Crippen molar-refractivity contribution >= 4 is 5.82 Å². The van der Waals surface area contributed by atoms with Crippen LogP contribution in [-0.2, 0) is 0 Å². The molecule has 0 atom stereocenters. The SMILES string of the molecule is Cc1cc(C)c(C#N)c(N2CCC(COc3ccccn3)CC2)n1. The van der Waals surface area contributed by atoms with Crippen molar-refractivity contribution in [3.63, 3.8) is 0 Å². The lowest BCUT2D eigenvalue weighted by atomic mass is 9.97. The topological polar surface area (TPSA) is 62.0 Å². The van der Waals surface area contributed by atoms with Gasteiger partial charge in [-0.2, -0.15) is 5.26 Å². The zero-order valence-electron chi connectivity index (χ0n) is 14.2. The van der Waals surface area contributed by atoms with E-state index < -0.39 is 0 Å². The highest BCUT2D eigenvalue weighted by Crippen LogP contribution is 2.27. The third kappa shape index (κ3) is 3.65. The Balaban J connectivity index is 1.60. The van der Waals surface area contributed by atoms with Crippen molar-refractivity contribution in [2.45, 2.75) is 26.7 Å². The summed E-state index contributed by atoms with van der Waals surface area (Å²) in [6.07, 6.45) is 3.81. The van der Waals surface area contributed by atoms with Crippen LogP contribution < -0.4 is 9.64 Å². The molecule has 0 spiro atoms. The lowest BCUT2D eigenvalue weighted by molar-refractivity contribution is 0.216. The van der Waals surface area contributed by atoms with Gasteiger partial charge in [0.15, 0.2) is 0 Å². The number of nitriles is 1. The van der Waals surface area contributed by atoms with E-state index in [0.717, 1.165) is 43.0 Å². The summed E-state index contributed by atoms with van der Waals surface area (Å²) in [5, 5.41) is 9.44. The molecule has 0 saturated carbocycles. The third-order valence-corrected chi connectivity index (χ3v) is 4.46. The summed E-state index contributed by atoms with van der Waals surface area (Å²) in [5.74, 6) is 2.03. The van der Waals surface area contributed by atoms with Gasteiger partial charge in [0.2, 0.25) is 5.88 Å². The van der Waals surface area contributed by atoms with Gasteiger partial charge in [-0.3, -0.25) is 0 Å². The Morgan fingerprint density at radius 1 is 1.29 bits per heavy atom. The Labute approximate surface area is 142 Å². The molecule has 0 amide bonds. The van der Waals surface area contributed by atoms with Gasteiger partial charge in [-0.25, -0.2) is 9.97 Å². The average Bonchev–Trinajstić information content (AvgIpc) is 2.61. The van der Waals surface area contributed by atoms with Gasteiger partial charge in [0.05, 0.1) is 12.2 Å². The van der Waals surface area contributed by atoms with Crippen LogP contribution in [-0.4, -0.2) is 29.7 Å². The molecule has 1 aliphatic heterocycles. The van der Waals surface area contributed by atoms with Crippen molar-refractivity contribution in [2.24, 2.45) is 5.92 Å². The summed E-state index contributed by atoms with van der Waals surface area (Å²) in [5.41, 5.74) is 2.66. The van der Waals surface area contributed by atoms with Crippen LogP contribution in [0.3, 0.4) is 0 Å². The fourth-order valence-electron chi connectivity index (χ4n) is 3.13. The molecule has 2 aromatic rings. The number of aryl methyl sites for hydroxylation is 2. The number of piperidine rings is 1. The molecule has 0 bridgehead atoms. The molecule has 0 N–H and O–H groups in total. The van der Waals surface area contributed by atoms with Crippen LogP contribution in [0.1, 0.15) is 29.7 Å². The first-order chi connectivity index (χ1) is 11.7. The predicted octanol–water partition coefficient (Wildman–Crippen LogP) is 3.26. The smallest absolute Gasteiger partial charge is 0.213 e. The van der Waals surface area contributed by atoms with Crippen molar-refractivity contribution in [1.29, 1.82) is 5.26 Å². The average molecular weight is 322 g/mol. The predicted molar refractivity (Wildman–Crippen MR) is 93.1 cm³/mol. The van der Waals surface area contributed by atoms with Gasteiger partial charge >= 0.3 is 0 Å². The second-order valence-corrected chi connectivity index (χ2v) is 6.30. The Hall–Kier alpha value is -2.61. The van der Waals surface area contributed by atoms with E-state index in [-0.39, 0.29) is 0 Å². The van der Waals surface area contributed by atoms with Gasteiger partial charge in [0, 0.05) is 31.0 Å². The first kappa shape index (κ1) is 16.3. The number of nitrogens with zero attached hydrogens (tertiary/aromatic N) is 4. The Bertz CT molecular complexity index is 731. The van der Waals surface area contributed by atoms with Crippen molar-refractivity contribution in [1.82, 2.24) is 9.97 Å². The van der Waals surface area contributed by atoms with E-state index >= 15 is 0 Å². The molecule has 2 aromatic heterocycles. The molecule has 24 heavy (non-hydrogen) atoms. The van der Waals surface area contributed by atoms with Crippen LogP contribution >= 0.6 is 0 Å². The van der Waals surface area contributed by atoms with Gasteiger partial charge in [-0.1, -0.05) is 6.07 Å². The van der Waals surface area contributed by atoms with Crippen LogP contribution in [0.2, 0.25) is 0 Å². The molecule has 0 unspecified atom stereocenters. The molecule has 3 heterocycles. The highest BCUT2D eigenvalue weighted by molar-refractivity contribution is 5.58. The van der Waals surface area contributed by atoms with Crippen molar-refractivity contribution in [2.75, 3.05) is 24.6 Å². The highest BCUT2D eigenvalue weighted by Gasteiger charge is 2.23. The molecule has 0 aliphatic carbocycles. The number of ether oxygens (including phenoxy) is 1. The molecule has 1 fully saturated rings. The van der Waals surface area contributed by atoms with Crippen LogP contribution in [0.4, 0.5) is 5.82 Å². The Morgan fingerprint density at radius 2 is 2.08 bits per heavy atom. The second-order valence-electron chi connectivity index (χ2n) is 6.30. The fraction of sp³-hybridized carbons (Fsp3) is 0.421. The number of rotatable bonds is 4.